The highest BCUT2D eigenvalue weighted by atomic mass is 16.5. The van der Waals surface area contributed by atoms with Gasteiger partial charge in [0.15, 0.2) is 17.1 Å². The Hall–Kier alpha value is -2.86. The SMILES string of the molecule is CCOc1cccc2cc(C(=O)N[C@@H]3C4CCN(CC4)[C@H]3Cc3cccnc3)oc12. The molecular formula is C24H27N3O3. The molecule has 0 aliphatic carbocycles. The first kappa shape index (κ1) is 19.1. The fourth-order valence-electron chi connectivity index (χ4n) is 5.02. The van der Waals surface area contributed by atoms with Crippen molar-refractivity contribution in [1.82, 2.24) is 15.2 Å². The molecule has 3 fully saturated rings. The van der Waals surface area contributed by atoms with Crippen LogP contribution in [0.25, 0.3) is 11.0 Å². The summed E-state index contributed by atoms with van der Waals surface area (Å²) in [5, 5.41) is 4.20. The maximum atomic E-state index is 13.1. The number of carbonyl (C=O) groups is 1. The number of aromatic nitrogens is 1. The third-order valence-corrected chi connectivity index (χ3v) is 6.46. The second kappa shape index (κ2) is 8.11. The van der Waals surface area contributed by atoms with Crippen molar-refractivity contribution in [2.45, 2.75) is 38.3 Å². The first-order valence-corrected chi connectivity index (χ1v) is 10.8. The topological polar surface area (TPSA) is 67.6 Å². The molecule has 2 aromatic heterocycles. The number of rotatable bonds is 6. The highest BCUT2D eigenvalue weighted by molar-refractivity contribution is 5.97. The van der Waals surface area contributed by atoms with Crippen LogP contribution in [0.2, 0.25) is 0 Å². The van der Waals surface area contributed by atoms with Gasteiger partial charge in [-0.15, -0.1) is 0 Å². The summed E-state index contributed by atoms with van der Waals surface area (Å²) >= 11 is 0. The highest BCUT2D eigenvalue weighted by Gasteiger charge is 2.43. The van der Waals surface area contributed by atoms with Gasteiger partial charge in [-0.1, -0.05) is 18.2 Å². The van der Waals surface area contributed by atoms with E-state index in [1.54, 1.807) is 6.20 Å². The molecule has 156 valence electrons. The molecule has 0 radical (unpaired) electrons. The second-order valence-electron chi connectivity index (χ2n) is 8.22. The smallest absolute Gasteiger partial charge is 0.287 e. The number of hydrogen-bond acceptors (Lipinski definition) is 5. The largest absolute Gasteiger partial charge is 0.490 e. The second-order valence-corrected chi connectivity index (χ2v) is 8.22. The van der Waals surface area contributed by atoms with Crippen molar-refractivity contribution < 1.29 is 13.9 Å². The van der Waals surface area contributed by atoms with Crippen molar-refractivity contribution in [3.05, 3.63) is 60.1 Å². The number of ether oxygens (including phenoxy) is 1. The molecule has 1 aromatic carbocycles. The summed E-state index contributed by atoms with van der Waals surface area (Å²) in [5.41, 5.74) is 1.84. The number of carbonyl (C=O) groups excluding carboxylic acids is 1. The predicted molar refractivity (Wildman–Crippen MR) is 115 cm³/mol. The summed E-state index contributed by atoms with van der Waals surface area (Å²) < 4.78 is 11.6. The summed E-state index contributed by atoms with van der Waals surface area (Å²) in [6.45, 7) is 4.69. The Bertz CT molecular complexity index is 1020. The van der Waals surface area contributed by atoms with Crippen LogP contribution in [0.4, 0.5) is 0 Å². The number of hydrogen-bond donors (Lipinski definition) is 1. The zero-order valence-electron chi connectivity index (χ0n) is 17.2. The summed E-state index contributed by atoms with van der Waals surface area (Å²) in [4.78, 5) is 19.9. The van der Waals surface area contributed by atoms with Crippen molar-refractivity contribution in [3.63, 3.8) is 0 Å². The first-order valence-electron chi connectivity index (χ1n) is 10.8. The van der Waals surface area contributed by atoms with Gasteiger partial charge in [0.2, 0.25) is 0 Å². The van der Waals surface area contributed by atoms with E-state index in [0.29, 0.717) is 29.6 Å². The van der Waals surface area contributed by atoms with Gasteiger partial charge >= 0.3 is 0 Å². The third-order valence-electron chi connectivity index (χ3n) is 6.46. The number of para-hydroxylation sites is 1. The molecule has 0 unspecified atom stereocenters. The molecule has 0 spiro atoms. The molecule has 2 atom stereocenters. The minimum atomic E-state index is -0.149. The normalized spacial score (nSPS) is 25.4. The number of piperidine rings is 3. The van der Waals surface area contributed by atoms with Crippen molar-refractivity contribution >= 4 is 16.9 Å². The van der Waals surface area contributed by atoms with Crippen molar-refractivity contribution in [2.24, 2.45) is 5.92 Å². The molecule has 30 heavy (non-hydrogen) atoms. The van der Waals surface area contributed by atoms with Gasteiger partial charge < -0.3 is 14.5 Å². The summed E-state index contributed by atoms with van der Waals surface area (Å²) in [5.74, 6) is 1.37. The molecule has 2 bridgehead atoms. The predicted octanol–water partition coefficient (Wildman–Crippen LogP) is 3.66. The Balaban J connectivity index is 1.38. The number of nitrogens with zero attached hydrogens (tertiary/aromatic N) is 2. The van der Waals surface area contributed by atoms with Crippen molar-refractivity contribution in [2.75, 3.05) is 19.7 Å². The third kappa shape index (κ3) is 3.56. The van der Waals surface area contributed by atoms with Crippen LogP contribution in [-0.2, 0) is 6.42 Å². The Kier molecular flexibility index (Phi) is 5.17. The molecule has 3 saturated heterocycles. The summed E-state index contributed by atoms with van der Waals surface area (Å²) in [6.07, 6.45) is 6.88. The zero-order chi connectivity index (χ0) is 20.5. The van der Waals surface area contributed by atoms with Gasteiger partial charge in [-0.05, 0) is 69.0 Å². The van der Waals surface area contributed by atoms with Crippen LogP contribution in [0.3, 0.4) is 0 Å². The maximum absolute atomic E-state index is 13.1. The fourth-order valence-corrected chi connectivity index (χ4v) is 5.02. The lowest BCUT2D eigenvalue weighted by atomic mass is 9.76. The van der Waals surface area contributed by atoms with Crippen LogP contribution in [0.15, 0.2) is 53.2 Å². The van der Waals surface area contributed by atoms with Crippen molar-refractivity contribution in [3.8, 4) is 5.75 Å². The first-order chi connectivity index (χ1) is 14.7. The monoisotopic (exact) mass is 405 g/mol. The molecule has 6 rings (SSSR count). The van der Waals surface area contributed by atoms with Crippen LogP contribution in [0, 0.1) is 5.92 Å². The van der Waals surface area contributed by atoms with E-state index in [1.807, 2.05) is 43.5 Å². The lowest BCUT2D eigenvalue weighted by molar-refractivity contribution is 0.0131. The lowest BCUT2D eigenvalue weighted by Gasteiger charge is -2.51. The molecular weight excluding hydrogens is 378 g/mol. The number of nitrogens with one attached hydrogen (secondary N) is 1. The van der Waals surface area contributed by atoms with E-state index in [4.69, 9.17) is 9.15 Å². The zero-order valence-corrected chi connectivity index (χ0v) is 17.2. The van der Waals surface area contributed by atoms with E-state index in [2.05, 4.69) is 21.3 Å². The summed E-state index contributed by atoms with van der Waals surface area (Å²) in [7, 11) is 0. The molecule has 3 aromatic rings. The average molecular weight is 405 g/mol. The van der Waals surface area contributed by atoms with E-state index >= 15 is 0 Å². The quantitative estimate of drug-likeness (QED) is 0.678. The van der Waals surface area contributed by atoms with Crippen LogP contribution in [-0.4, -0.2) is 47.6 Å². The molecule has 3 aliphatic rings. The number of amides is 1. The number of pyridine rings is 1. The van der Waals surface area contributed by atoms with Gasteiger partial charge in [0.1, 0.15) is 0 Å². The maximum Gasteiger partial charge on any atom is 0.287 e. The number of furan rings is 1. The van der Waals surface area contributed by atoms with Crippen LogP contribution < -0.4 is 10.1 Å². The number of fused-ring (bicyclic) bond motifs is 4. The van der Waals surface area contributed by atoms with Crippen LogP contribution >= 0.6 is 0 Å². The fraction of sp³-hybridized carbons (Fsp3) is 0.417. The van der Waals surface area contributed by atoms with Crippen LogP contribution in [0.1, 0.15) is 35.9 Å². The number of benzene rings is 1. The van der Waals surface area contributed by atoms with Gasteiger partial charge in [0.25, 0.3) is 5.91 Å². The molecule has 1 N–H and O–H groups in total. The minimum absolute atomic E-state index is 0.111. The van der Waals surface area contributed by atoms with E-state index < -0.39 is 0 Å². The van der Waals surface area contributed by atoms with E-state index in [1.165, 1.54) is 5.56 Å². The molecule has 5 heterocycles. The van der Waals surface area contributed by atoms with Crippen LogP contribution in [0.5, 0.6) is 5.75 Å². The summed E-state index contributed by atoms with van der Waals surface area (Å²) in [6, 6.07) is 12.0. The minimum Gasteiger partial charge on any atom is -0.490 e. The Morgan fingerprint density at radius 2 is 2.13 bits per heavy atom. The molecule has 6 heteroatoms. The molecule has 3 aliphatic heterocycles. The van der Waals surface area contributed by atoms with Gasteiger partial charge in [0, 0.05) is 29.9 Å². The Labute approximate surface area is 176 Å². The Morgan fingerprint density at radius 3 is 2.90 bits per heavy atom. The van der Waals surface area contributed by atoms with E-state index in [-0.39, 0.29) is 18.0 Å². The van der Waals surface area contributed by atoms with Crippen molar-refractivity contribution in [1.29, 1.82) is 0 Å². The lowest BCUT2D eigenvalue weighted by Crippen LogP contribution is -2.64. The standard InChI is InChI=1S/C24H27N3O3/c1-2-29-20-7-3-6-18-14-21(30-23(18)20)24(28)26-22-17-8-11-27(12-9-17)19(22)13-16-5-4-10-25-15-16/h3-7,10,14-15,17,19,22H,2,8-9,11-13H2,1H3,(H,26,28)/t19-,22+/m0/s1. The highest BCUT2D eigenvalue weighted by Crippen LogP contribution is 2.35. The Morgan fingerprint density at radius 1 is 1.27 bits per heavy atom. The molecule has 6 nitrogen and oxygen atoms in total. The van der Waals surface area contributed by atoms with Gasteiger partial charge in [0.05, 0.1) is 6.61 Å². The van der Waals surface area contributed by atoms with E-state index in [0.717, 1.165) is 37.7 Å². The molecule has 1 amide bonds. The average Bonchev–Trinajstić information content (AvgIpc) is 3.23. The van der Waals surface area contributed by atoms with Gasteiger partial charge in [-0.2, -0.15) is 0 Å². The van der Waals surface area contributed by atoms with Gasteiger partial charge in [-0.3, -0.25) is 14.7 Å². The molecule has 0 saturated carbocycles. The van der Waals surface area contributed by atoms with Gasteiger partial charge in [-0.25, -0.2) is 0 Å². The van der Waals surface area contributed by atoms with E-state index in [9.17, 15) is 4.79 Å².